The normalized spacial score (nSPS) is 13.3. The number of carbonyl (C=O) groups excluding carboxylic acids is 1. The van der Waals surface area contributed by atoms with E-state index in [2.05, 4.69) is 10.3 Å². The summed E-state index contributed by atoms with van der Waals surface area (Å²) in [4.78, 5) is 16.8. The van der Waals surface area contributed by atoms with E-state index in [1.54, 1.807) is 25.1 Å². The van der Waals surface area contributed by atoms with Crippen molar-refractivity contribution in [3.05, 3.63) is 47.5 Å². The zero-order valence-electron chi connectivity index (χ0n) is 15.9. The molecular weight excluding hydrogens is 448 g/mol. The van der Waals surface area contributed by atoms with Gasteiger partial charge in [0.1, 0.15) is 5.01 Å². The lowest BCUT2D eigenvalue weighted by Crippen LogP contribution is -2.33. The number of aromatic nitrogens is 1. The molecule has 30 heavy (non-hydrogen) atoms. The van der Waals surface area contributed by atoms with Crippen LogP contribution in [0.2, 0.25) is 0 Å². The molecule has 1 atom stereocenters. The van der Waals surface area contributed by atoms with E-state index in [1.807, 2.05) is 12.1 Å². The van der Waals surface area contributed by atoms with Gasteiger partial charge < -0.3 is 5.32 Å². The average molecular weight is 469 g/mol. The van der Waals surface area contributed by atoms with E-state index in [0.29, 0.717) is 16.1 Å². The Bertz CT molecular complexity index is 1320. The molecular formula is C18H20N4O5S3. The zero-order chi connectivity index (χ0) is 22.1. The summed E-state index contributed by atoms with van der Waals surface area (Å²) in [5.74, 6) is -1.26. The number of benzene rings is 2. The van der Waals surface area contributed by atoms with Crippen molar-refractivity contribution < 1.29 is 21.6 Å². The van der Waals surface area contributed by atoms with Gasteiger partial charge in [0, 0.05) is 6.54 Å². The van der Waals surface area contributed by atoms with Crippen molar-refractivity contribution in [2.24, 2.45) is 10.3 Å². The van der Waals surface area contributed by atoms with Crippen molar-refractivity contribution in [2.75, 3.05) is 12.3 Å². The van der Waals surface area contributed by atoms with Crippen LogP contribution in [0.3, 0.4) is 0 Å². The number of hydrogen-bond donors (Lipinski definition) is 3. The van der Waals surface area contributed by atoms with Gasteiger partial charge in [-0.2, -0.15) is 0 Å². The van der Waals surface area contributed by atoms with Crippen molar-refractivity contribution in [3.63, 3.8) is 0 Å². The van der Waals surface area contributed by atoms with E-state index in [0.717, 1.165) is 10.3 Å². The average Bonchev–Trinajstić information content (AvgIpc) is 3.09. The lowest BCUT2D eigenvalue weighted by atomic mass is 10.1. The van der Waals surface area contributed by atoms with Crippen molar-refractivity contribution in [2.45, 2.75) is 17.7 Å². The first-order valence-electron chi connectivity index (χ1n) is 8.76. The minimum Gasteiger partial charge on any atom is -0.354 e. The number of nitrogens with zero attached hydrogens (tertiary/aromatic N) is 1. The second-order valence-corrected chi connectivity index (χ2v) is 11.0. The SMILES string of the molecule is CC(C(=O)NCCS(N)(=O)=O)c1nc2ccc(-c3cccc(S(N)(=O)=O)c3)cc2s1. The fraction of sp³-hybridized carbons (Fsp3) is 0.222. The van der Waals surface area contributed by atoms with Gasteiger partial charge in [0.25, 0.3) is 0 Å². The summed E-state index contributed by atoms with van der Waals surface area (Å²) in [6, 6.07) is 11.8. The molecule has 5 N–H and O–H groups in total. The Morgan fingerprint density at radius 2 is 1.80 bits per heavy atom. The molecule has 0 saturated carbocycles. The number of fused-ring (bicyclic) bond motifs is 1. The maximum atomic E-state index is 12.3. The molecule has 0 bridgehead atoms. The van der Waals surface area contributed by atoms with Crippen molar-refractivity contribution in [3.8, 4) is 11.1 Å². The Morgan fingerprint density at radius 1 is 1.10 bits per heavy atom. The van der Waals surface area contributed by atoms with Crippen LogP contribution >= 0.6 is 11.3 Å². The summed E-state index contributed by atoms with van der Waals surface area (Å²) in [7, 11) is -7.46. The molecule has 12 heteroatoms. The van der Waals surface area contributed by atoms with E-state index < -0.39 is 26.0 Å². The Kier molecular flexibility index (Phi) is 6.24. The first kappa shape index (κ1) is 22.3. The quantitative estimate of drug-likeness (QED) is 0.470. The number of rotatable bonds is 7. The molecule has 1 heterocycles. The number of thiazole rings is 1. The van der Waals surface area contributed by atoms with Gasteiger partial charge in [-0.3, -0.25) is 4.79 Å². The van der Waals surface area contributed by atoms with Gasteiger partial charge in [-0.05, 0) is 42.3 Å². The lowest BCUT2D eigenvalue weighted by Gasteiger charge is -2.08. The number of nitrogens with two attached hydrogens (primary N) is 2. The highest BCUT2D eigenvalue weighted by atomic mass is 32.2. The molecule has 2 aromatic carbocycles. The maximum absolute atomic E-state index is 12.3. The largest absolute Gasteiger partial charge is 0.354 e. The fourth-order valence-corrected chi connectivity index (χ4v) is 4.74. The van der Waals surface area contributed by atoms with E-state index in [-0.39, 0.29) is 23.1 Å². The molecule has 160 valence electrons. The molecule has 1 aromatic heterocycles. The Balaban J connectivity index is 1.83. The van der Waals surface area contributed by atoms with Gasteiger partial charge in [0.15, 0.2) is 0 Å². The Hall–Kier alpha value is -2.38. The van der Waals surface area contributed by atoms with Crippen molar-refractivity contribution in [1.82, 2.24) is 10.3 Å². The van der Waals surface area contributed by atoms with Crippen LogP contribution in [0.25, 0.3) is 21.3 Å². The first-order chi connectivity index (χ1) is 13.9. The zero-order valence-corrected chi connectivity index (χ0v) is 18.4. The summed E-state index contributed by atoms with van der Waals surface area (Å²) in [5, 5.41) is 13.2. The van der Waals surface area contributed by atoms with Crippen LogP contribution in [0.1, 0.15) is 17.8 Å². The van der Waals surface area contributed by atoms with E-state index in [1.165, 1.54) is 23.5 Å². The summed E-state index contributed by atoms with van der Waals surface area (Å²) in [5.41, 5.74) is 2.17. The minimum atomic E-state index is -3.81. The molecule has 1 unspecified atom stereocenters. The highest BCUT2D eigenvalue weighted by Crippen LogP contribution is 2.32. The molecule has 3 aromatic rings. The van der Waals surface area contributed by atoms with Crippen LogP contribution < -0.4 is 15.6 Å². The van der Waals surface area contributed by atoms with Gasteiger partial charge >= 0.3 is 0 Å². The van der Waals surface area contributed by atoms with E-state index >= 15 is 0 Å². The number of hydrogen-bond acceptors (Lipinski definition) is 7. The number of amides is 1. The Labute approximate surface area is 178 Å². The second kappa shape index (κ2) is 8.40. The Morgan fingerprint density at radius 3 is 2.47 bits per heavy atom. The lowest BCUT2D eigenvalue weighted by molar-refractivity contribution is -0.122. The van der Waals surface area contributed by atoms with Crippen LogP contribution in [0.5, 0.6) is 0 Å². The minimum absolute atomic E-state index is 0.0230. The molecule has 1 amide bonds. The standard InChI is InChI=1S/C18H20N4O5S3/c1-11(17(23)21-7-8-29(19,24)25)18-22-15-6-5-13(10-16(15)28-18)12-3-2-4-14(9-12)30(20,26)27/h2-6,9-11H,7-8H2,1H3,(H,21,23)(H2,19,24,25)(H2,20,26,27). The predicted molar refractivity (Wildman–Crippen MR) is 116 cm³/mol. The smallest absolute Gasteiger partial charge is 0.238 e. The third kappa shape index (κ3) is 5.40. The number of sulfonamides is 2. The molecule has 0 aliphatic heterocycles. The third-order valence-corrected chi connectivity index (χ3v) is 7.24. The molecule has 0 saturated heterocycles. The summed E-state index contributed by atoms with van der Waals surface area (Å²) in [6.07, 6.45) is 0. The molecule has 9 nitrogen and oxygen atoms in total. The molecule has 0 radical (unpaired) electrons. The molecule has 0 fully saturated rings. The highest BCUT2D eigenvalue weighted by molar-refractivity contribution is 7.89. The fourth-order valence-electron chi connectivity index (χ4n) is 2.74. The number of primary sulfonamides is 2. The third-order valence-electron chi connectivity index (χ3n) is 4.35. The van der Waals surface area contributed by atoms with Gasteiger partial charge in [-0.25, -0.2) is 32.1 Å². The van der Waals surface area contributed by atoms with E-state index in [9.17, 15) is 21.6 Å². The van der Waals surface area contributed by atoms with Gasteiger partial charge in [-0.1, -0.05) is 18.2 Å². The summed E-state index contributed by atoms with van der Waals surface area (Å²) >= 11 is 1.33. The topological polar surface area (TPSA) is 162 Å². The predicted octanol–water partition coefficient (Wildman–Crippen LogP) is 1.12. The monoisotopic (exact) mass is 468 g/mol. The summed E-state index contributed by atoms with van der Waals surface area (Å²) < 4.78 is 46.0. The van der Waals surface area contributed by atoms with Crippen LogP contribution in [0.15, 0.2) is 47.4 Å². The first-order valence-corrected chi connectivity index (χ1v) is 12.8. The van der Waals surface area contributed by atoms with Crippen molar-refractivity contribution in [1.29, 1.82) is 0 Å². The number of carbonyl (C=O) groups is 1. The van der Waals surface area contributed by atoms with Gasteiger partial charge in [0.05, 0.1) is 26.8 Å². The number of nitrogens with one attached hydrogen (secondary N) is 1. The molecule has 0 aliphatic rings. The molecule has 0 spiro atoms. The summed E-state index contributed by atoms with van der Waals surface area (Å²) in [6.45, 7) is 1.61. The van der Waals surface area contributed by atoms with Gasteiger partial charge in [0.2, 0.25) is 26.0 Å². The van der Waals surface area contributed by atoms with Crippen LogP contribution in [-0.2, 0) is 24.8 Å². The van der Waals surface area contributed by atoms with Crippen LogP contribution in [-0.4, -0.2) is 40.0 Å². The second-order valence-electron chi connectivity index (χ2n) is 6.69. The molecule has 0 aliphatic carbocycles. The van der Waals surface area contributed by atoms with Crippen molar-refractivity contribution >= 4 is 47.5 Å². The van der Waals surface area contributed by atoms with Crippen LogP contribution in [0.4, 0.5) is 0 Å². The molecule has 3 rings (SSSR count). The van der Waals surface area contributed by atoms with E-state index in [4.69, 9.17) is 10.3 Å². The highest BCUT2D eigenvalue weighted by Gasteiger charge is 2.20. The maximum Gasteiger partial charge on any atom is 0.238 e. The van der Waals surface area contributed by atoms with Gasteiger partial charge in [-0.15, -0.1) is 11.3 Å². The van der Waals surface area contributed by atoms with Crippen LogP contribution in [0, 0.1) is 0 Å².